The Morgan fingerprint density at radius 2 is 2.03 bits per heavy atom. The summed E-state index contributed by atoms with van der Waals surface area (Å²) >= 11 is 0. The molecule has 0 radical (unpaired) electrons. The number of carboxylic acids is 1. The summed E-state index contributed by atoms with van der Waals surface area (Å²) in [5.74, 6) is -1.95. The summed E-state index contributed by atoms with van der Waals surface area (Å²) in [5.41, 5.74) is 1.95. The van der Waals surface area contributed by atoms with Crippen LogP contribution in [-0.2, 0) is 30.3 Å². The van der Waals surface area contributed by atoms with Crippen LogP contribution in [0.3, 0.4) is 0 Å². The molecule has 2 aromatic rings. The van der Waals surface area contributed by atoms with Crippen LogP contribution in [-0.4, -0.2) is 76.6 Å². The highest BCUT2D eigenvalue weighted by molar-refractivity contribution is 5.98. The van der Waals surface area contributed by atoms with E-state index in [-0.39, 0.29) is 24.5 Å². The van der Waals surface area contributed by atoms with Gasteiger partial charge in [-0.15, -0.1) is 0 Å². The topological polar surface area (TPSA) is 141 Å². The number of carboxylic acid groups (broad SMARTS) is 1. The number of aromatic amines is 1. The molecule has 0 unspecified atom stereocenters. The van der Waals surface area contributed by atoms with Crippen LogP contribution >= 0.6 is 0 Å². The second kappa shape index (κ2) is 8.76. The summed E-state index contributed by atoms with van der Waals surface area (Å²) in [6, 6.07) is 6.26. The Labute approximate surface area is 177 Å². The van der Waals surface area contributed by atoms with Gasteiger partial charge in [0.25, 0.3) is 0 Å². The molecular formula is C21H24N4O6. The van der Waals surface area contributed by atoms with Gasteiger partial charge in [-0.2, -0.15) is 0 Å². The highest BCUT2D eigenvalue weighted by atomic mass is 16.5. The Balaban J connectivity index is 1.36. The molecule has 0 bridgehead atoms. The first-order valence-electron chi connectivity index (χ1n) is 10.2. The van der Waals surface area contributed by atoms with Crippen molar-refractivity contribution in [2.75, 3.05) is 19.8 Å². The van der Waals surface area contributed by atoms with Crippen molar-refractivity contribution in [3.63, 3.8) is 0 Å². The SMILES string of the molecule is O=C(O)COCC(=O)N[C@H]1CCN2C(=O)[C@@H](Cc3c[nH]c4ccccc34)NC(=O)[C@@H]2C1. The minimum Gasteiger partial charge on any atom is -0.480 e. The molecule has 3 amide bonds. The van der Waals surface area contributed by atoms with Gasteiger partial charge in [-0.1, -0.05) is 18.2 Å². The highest BCUT2D eigenvalue weighted by Gasteiger charge is 2.44. The molecule has 10 nitrogen and oxygen atoms in total. The fourth-order valence-electron chi connectivity index (χ4n) is 4.30. The van der Waals surface area contributed by atoms with Crippen molar-refractivity contribution in [3.8, 4) is 0 Å². The van der Waals surface area contributed by atoms with Gasteiger partial charge >= 0.3 is 5.97 Å². The minimum atomic E-state index is -1.15. The van der Waals surface area contributed by atoms with Gasteiger partial charge in [0.15, 0.2) is 0 Å². The number of carbonyl (C=O) groups is 4. The quantitative estimate of drug-likeness (QED) is 0.481. The van der Waals surface area contributed by atoms with E-state index in [0.29, 0.717) is 25.8 Å². The lowest BCUT2D eigenvalue weighted by Gasteiger charge is -2.44. The number of H-pyrrole nitrogens is 1. The van der Waals surface area contributed by atoms with E-state index in [1.807, 2.05) is 30.5 Å². The zero-order valence-corrected chi connectivity index (χ0v) is 16.8. The monoisotopic (exact) mass is 428 g/mol. The van der Waals surface area contributed by atoms with Crippen molar-refractivity contribution in [1.29, 1.82) is 0 Å². The van der Waals surface area contributed by atoms with Crippen LogP contribution in [0.25, 0.3) is 10.9 Å². The lowest BCUT2D eigenvalue weighted by Crippen LogP contribution is -2.67. The molecule has 0 aliphatic carbocycles. The summed E-state index contributed by atoms with van der Waals surface area (Å²) in [7, 11) is 0. The van der Waals surface area contributed by atoms with Crippen LogP contribution in [0.5, 0.6) is 0 Å². The van der Waals surface area contributed by atoms with Gasteiger partial charge in [0.05, 0.1) is 0 Å². The normalized spacial score (nSPS) is 23.4. The number of hydrogen-bond donors (Lipinski definition) is 4. The minimum absolute atomic E-state index is 0.121. The van der Waals surface area contributed by atoms with Crippen LogP contribution in [0.1, 0.15) is 18.4 Å². The smallest absolute Gasteiger partial charge is 0.329 e. The average molecular weight is 428 g/mol. The molecule has 164 valence electrons. The summed E-state index contributed by atoms with van der Waals surface area (Å²) in [4.78, 5) is 52.9. The number of rotatable bonds is 7. The molecule has 2 aliphatic rings. The molecule has 31 heavy (non-hydrogen) atoms. The molecule has 1 aromatic heterocycles. The molecule has 1 aromatic carbocycles. The number of fused-ring (bicyclic) bond motifs is 2. The van der Waals surface area contributed by atoms with Gasteiger partial charge in [-0.05, 0) is 24.5 Å². The number of para-hydroxylation sites is 1. The molecule has 2 aliphatic heterocycles. The van der Waals surface area contributed by atoms with E-state index in [0.717, 1.165) is 16.5 Å². The zero-order chi connectivity index (χ0) is 22.0. The van der Waals surface area contributed by atoms with Crippen molar-refractivity contribution in [1.82, 2.24) is 20.5 Å². The van der Waals surface area contributed by atoms with E-state index in [4.69, 9.17) is 9.84 Å². The summed E-state index contributed by atoms with van der Waals surface area (Å²) < 4.78 is 4.78. The lowest BCUT2D eigenvalue weighted by atomic mass is 9.91. The number of aliphatic carboxylic acids is 1. The number of hydrogen-bond acceptors (Lipinski definition) is 5. The van der Waals surface area contributed by atoms with E-state index in [2.05, 4.69) is 15.6 Å². The number of amides is 3. The maximum Gasteiger partial charge on any atom is 0.329 e. The molecule has 2 saturated heterocycles. The van der Waals surface area contributed by atoms with E-state index in [1.165, 1.54) is 0 Å². The summed E-state index contributed by atoms with van der Waals surface area (Å²) in [5, 5.41) is 15.2. The third-order valence-electron chi connectivity index (χ3n) is 5.73. The van der Waals surface area contributed by atoms with Gasteiger partial charge in [0.2, 0.25) is 17.7 Å². The fourth-order valence-corrected chi connectivity index (χ4v) is 4.30. The molecule has 10 heteroatoms. The molecule has 0 spiro atoms. The Morgan fingerprint density at radius 1 is 1.23 bits per heavy atom. The third-order valence-corrected chi connectivity index (χ3v) is 5.73. The molecular weight excluding hydrogens is 404 g/mol. The number of ether oxygens (including phenoxy) is 1. The van der Waals surface area contributed by atoms with Crippen LogP contribution < -0.4 is 10.6 Å². The molecule has 4 rings (SSSR count). The molecule has 3 atom stereocenters. The van der Waals surface area contributed by atoms with Gasteiger partial charge in [0.1, 0.15) is 25.3 Å². The lowest BCUT2D eigenvalue weighted by molar-refractivity contribution is -0.152. The van der Waals surface area contributed by atoms with Gasteiger partial charge < -0.3 is 30.4 Å². The summed E-state index contributed by atoms with van der Waals surface area (Å²) in [6.45, 7) is -0.555. The number of nitrogens with one attached hydrogen (secondary N) is 3. The number of nitrogens with zero attached hydrogens (tertiary/aromatic N) is 1. The predicted molar refractivity (Wildman–Crippen MR) is 109 cm³/mol. The van der Waals surface area contributed by atoms with Crippen molar-refractivity contribution >= 4 is 34.6 Å². The van der Waals surface area contributed by atoms with E-state index >= 15 is 0 Å². The second-order valence-corrected chi connectivity index (χ2v) is 7.85. The Kier molecular flexibility index (Phi) is 5.90. The van der Waals surface area contributed by atoms with E-state index in [9.17, 15) is 19.2 Å². The standard InChI is InChI=1S/C21H24N4O6/c26-18(10-31-11-19(27)28)23-13-5-6-25-17(8-13)20(29)24-16(21(25)30)7-12-9-22-15-4-2-1-3-14(12)15/h1-4,9,13,16-17,22H,5-8,10-11H2,(H,23,26)(H,24,29)(H,27,28)/t13-,16+,17-/m0/s1. The number of carbonyl (C=O) groups excluding carboxylic acids is 3. The zero-order valence-electron chi connectivity index (χ0n) is 16.8. The van der Waals surface area contributed by atoms with Gasteiger partial charge in [-0.25, -0.2) is 4.79 Å². The Morgan fingerprint density at radius 3 is 2.84 bits per heavy atom. The second-order valence-electron chi connectivity index (χ2n) is 7.85. The highest BCUT2D eigenvalue weighted by Crippen LogP contribution is 2.25. The first kappa shape index (κ1) is 20.9. The van der Waals surface area contributed by atoms with E-state index in [1.54, 1.807) is 4.90 Å². The van der Waals surface area contributed by atoms with Crippen molar-refractivity contribution in [2.24, 2.45) is 0 Å². The summed E-state index contributed by atoms with van der Waals surface area (Å²) in [6.07, 6.45) is 3.09. The third kappa shape index (κ3) is 4.53. The molecule has 4 N–H and O–H groups in total. The maximum atomic E-state index is 13.0. The first-order chi connectivity index (χ1) is 14.9. The van der Waals surface area contributed by atoms with Gasteiger partial charge in [0, 0.05) is 36.1 Å². The Hall–Kier alpha value is -3.40. The molecule has 2 fully saturated rings. The predicted octanol–water partition coefficient (Wildman–Crippen LogP) is -0.214. The maximum absolute atomic E-state index is 13.0. The van der Waals surface area contributed by atoms with Crippen molar-refractivity contribution in [3.05, 3.63) is 36.0 Å². The van der Waals surface area contributed by atoms with Crippen LogP contribution in [0.2, 0.25) is 0 Å². The van der Waals surface area contributed by atoms with Crippen LogP contribution in [0.4, 0.5) is 0 Å². The van der Waals surface area contributed by atoms with Gasteiger partial charge in [-0.3, -0.25) is 14.4 Å². The number of benzene rings is 1. The Bertz CT molecular complexity index is 1020. The molecule has 0 saturated carbocycles. The fraction of sp³-hybridized carbons (Fsp3) is 0.429. The number of aromatic nitrogens is 1. The number of piperazine rings is 1. The van der Waals surface area contributed by atoms with Crippen LogP contribution in [0.15, 0.2) is 30.5 Å². The van der Waals surface area contributed by atoms with Crippen LogP contribution in [0, 0.1) is 0 Å². The first-order valence-corrected chi connectivity index (χ1v) is 10.2. The van der Waals surface area contributed by atoms with E-state index < -0.39 is 30.6 Å². The number of piperidine rings is 1. The van der Waals surface area contributed by atoms with Crippen molar-refractivity contribution < 1.29 is 29.0 Å². The van der Waals surface area contributed by atoms with Crippen molar-refractivity contribution in [2.45, 2.75) is 37.4 Å². The largest absolute Gasteiger partial charge is 0.480 e. The molecule has 3 heterocycles. The average Bonchev–Trinajstić information content (AvgIpc) is 3.14.